The molecule has 0 rings (SSSR count). The summed E-state index contributed by atoms with van der Waals surface area (Å²) >= 11 is 0. The van der Waals surface area contributed by atoms with Gasteiger partial charge in [0.1, 0.15) is 5.78 Å². The van der Waals surface area contributed by atoms with E-state index in [1.807, 2.05) is 0 Å². The summed E-state index contributed by atoms with van der Waals surface area (Å²) in [6, 6.07) is 0. The molecule has 0 aromatic heterocycles. The third-order valence-electron chi connectivity index (χ3n) is 2.14. The second-order valence-corrected chi connectivity index (χ2v) is 5.23. The van der Waals surface area contributed by atoms with Crippen molar-refractivity contribution in [3.05, 3.63) is 0 Å². The zero-order valence-corrected chi connectivity index (χ0v) is 9.94. The van der Waals surface area contributed by atoms with Crippen LogP contribution >= 0.6 is 0 Å². The molecule has 0 atom stereocenters. The summed E-state index contributed by atoms with van der Waals surface area (Å²) in [6.07, 6.45) is 5.90. The minimum Gasteiger partial charge on any atom is -0.330 e. The highest BCUT2D eigenvalue weighted by atomic mass is 16.1. The smallest absolute Gasteiger partial charge is 0.133 e. The van der Waals surface area contributed by atoms with Gasteiger partial charge in [0.15, 0.2) is 0 Å². The Kier molecular flexibility index (Phi) is 6.81. The van der Waals surface area contributed by atoms with Crippen molar-refractivity contribution < 1.29 is 4.79 Å². The molecule has 0 heterocycles. The summed E-state index contributed by atoms with van der Waals surface area (Å²) < 4.78 is 0. The topological polar surface area (TPSA) is 43.1 Å². The van der Waals surface area contributed by atoms with Gasteiger partial charge in [-0.3, -0.25) is 4.79 Å². The van der Waals surface area contributed by atoms with Crippen LogP contribution in [0.5, 0.6) is 0 Å². The van der Waals surface area contributed by atoms with E-state index in [9.17, 15) is 4.79 Å². The largest absolute Gasteiger partial charge is 0.330 e. The van der Waals surface area contributed by atoms with E-state index in [4.69, 9.17) is 5.73 Å². The van der Waals surface area contributed by atoms with Gasteiger partial charge in [0.25, 0.3) is 0 Å². The summed E-state index contributed by atoms with van der Waals surface area (Å²) in [4.78, 5) is 11.5. The number of ketones is 1. The summed E-state index contributed by atoms with van der Waals surface area (Å²) in [5.74, 6) is 0.408. The predicted octanol–water partition coefficient (Wildman–Crippen LogP) is 2.90. The van der Waals surface area contributed by atoms with Crippen LogP contribution in [0.2, 0.25) is 0 Å². The molecule has 0 aliphatic heterocycles. The van der Waals surface area contributed by atoms with Crippen LogP contribution in [0.4, 0.5) is 0 Å². The Morgan fingerprint density at radius 1 is 1.07 bits per heavy atom. The number of hydrogen-bond acceptors (Lipinski definition) is 2. The van der Waals surface area contributed by atoms with E-state index < -0.39 is 0 Å². The monoisotopic (exact) mass is 199 g/mol. The highest BCUT2D eigenvalue weighted by Gasteiger charge is 2.14. The summed E-state index contributed by atoms with van der Waals surface area (Å²) in [5, 5.41) is 0. The minimum atomic E-state index is 0.147. The highest BCUT2D eigenvalue weighted by molar-refractivity contribution is 5.78. The fourth-order valence-electron chi connectivity index (χ4n) is 1.50. The fourth-order valence-corrected chi connectivity index (χ4v) is 1.50. The van der Waals surface area contributed by atoms with Crippen LogP contribution in [0, 0.1) is 5.41 Å². The third kappa shape index (κ3) is 9.72. The Labute approximate surface area is 88.3 Å². The number of rotatable bonds is 7. The first-order valence-electron chi connectivity index (χ1n) is 5.67. The van der Waals surface area contributed by atoms with Gasteiger partial charge in [-0.15, -0.1) is 0 Å². The van der Waals surface area contributed by atoms with Crippen molar-refractivity contribution in [2.45, 2.75) is 59.3 Å². The van der Waals surface area contributed by atoms with Crippen LogP contribution in [0.15, 0.2) is 0 Å². The van der Waals surface area contributed by atoms with Gasteiger partial charge in [0, 0.05) is 12.8 Å². The van der Waals surface area contributed by atoms with Gasteiger partial charge >= 0.3 is 0 Å². The Balaban J connectivity index is 3.36. The molecular weight excluding hydrogens is 174 g/mol. The van der Waals surface area contributed by atoms with Crippen molar-refractivity contribution in [3.8, 4) is 0 Å². The van der Waals surface area contributed by atoms with E-state index in [1.54, 1.807) is 0 Å². The lowest BCUT2D eigenvalue weighted by Crippen LogP contribution is -2.12. The molecule has 2 heteroatoms. The Hall–Kier alpha value is -0.370. The molecule has 0 aromatic carbocycles. The number of Topliss-reactive ketones (excluding diaryl/α,β-unsaturated/α-hetero) is 1. The Morgan fingerprint density at radius 3 is 2.14 bits per heavy atom. The average Bonchev–Trinajstić information content (AvgIpc) is 2.00. The molecule has 84 valence electrons. The van der Waals surface area contributed by atoms with Gasteiger partial charge in [-0.25, -0.2) is 0 Å². The van der Waals surface area contributed by atoms with Gasteiger partial charge in [0.05, 0.1) is 0 Å². The first-order chi connectivity index (χ1) is 6.45. The molecule has 14 heavy (non-hydrogen) atoms. The lowest BCUT2D eigenvalue weighted by atomic mass is 9.88. The van der Waals surface area contributed by atoms with Crippen molar-refractivity contribution in [3.63, 3.8) is 0 Å². The molecular formula is C12H25NO. The van der Waals surface area contributed by atoms with Crippen molar-refractivity contribution in [2.24, 2.45) is 11.1 Å². The molecule has 0 saturated heterocycles. The van der Waals surface area contributed by atoms with Gasteiger partial charge < -0.3 is 5.73 Å². The summed E-state index contributed by atoms with van der Waals surface area (Å²) in [6.45, 7) is 7.11. The first kappa shape index (κ1) is 13.6. The second-order valence-electron chi connectivity index (χ2n) is 5.23. The maximum atomic E-state index is 11.5. The van der Waals surface area contributed by atoms with Gasteiger partial charge in [-0.05, 0) is 24.8 Å². The number of nitrogens with two attached hydrogens (primary N) is 1. The third-order valence-corrected chi connectivity index (χ3v) is 2.14. The van der Waals surface area contributed by atoms with Crippen molar-refractivity contribution in [1.29, 1.82) is 0 Å². The fraction of sp³-hybridized carbons (Fsp3) is 0.917. The quantitative estimate of drug-likeness (QED) is 0.641. The van der Waals surface area contributed by atoms with E-state index in [0.29, 0.717) is 12.2 Å². The number of hydrogen-bond donors (Lipinski definition) is 1. The van der Waals surface area contributed by atoms with E-state index >= 15 is 0 Å². The zero-order valence-electron chi connectivity index (χ0n) is 9.94. The minimum absolute atomic E-state index is 0.147. The van der Waals surface area contributed by atoms with Crippen LogP contribution in [-0.2, 0) is 4.79 Å². The molecule has 0 bridgehead atoms. The molecule has 0 amide bonds. The van der Waals surface area contributed by atoms with Crippen molar-refractivity contribution in [1.82, 2.24) is 0 Å². The molecule has 2 nitrogen and oxygen atoms in total. The van der Waals surface area contributed by atoms with Gasteiger partial charge in [-0.2, -0.15) is 0 Å². The van der Waals surface area contributed by atoms with Crippen LogP contribution in [-0.4, -0.2) is 12.3 Å². The lowest BCUT2D eigenvalue weighted by molar-refractivity contribution is -0.120. The zero-order chi connectivity index (χ0) is 11.0. The van der Waals surface area contributed by atoms with Crippen molar-refractivity contribution in [2.75, 3.05) is 6.54 Å². The standard InChI is InChI=1S/C12H25NO/c1-12(2,3)10-11(14)8-6-4-5-7-9-13/h4-10,13H2,1-3H3. The van der Waals surface area contributed by atoms with Gasteiger partial charge in [-0.1, -0.05) is 33.6 Å². The molecule has 2 N–H and O–H groups in total. The van der Waals surface area contributed by atoms with E-state index in [1.165, 1.54) is 6.42 Å². The van der Waals surface area contributed by atoms with E-state index in [-0.39, 0.29) is 5.41 Å². The molecule has 0 spiro atoms. The molecule has 0 aromatic rings. The summed E-state index contributed by atoms with van der Waals surface area (Å²) in [5.41, 5.74) is 5.53. The molecule has 0 aliphatic rings. The van der Waals surface area contributed by atoms with E-state index in [2.05, 4.69) is 20.8 Å². The molecule has 0 aliphatic carbocycles. The highest BCUT2D eigenvalue weighted by Crippen LogP contribution is 2.20. The molecule has 0 fully saturated rings. The summed E-state index contributed by atoms with van der Waals surface area (Å²) in [7, 11) is 0. The van der Waals surface area contributed by atoms with Crippen LogP contribution in [0.25, 0.3) is 0 Å². The average molecular weight is 199 g/mol. The predicted molar refractivity (Wildman–Crippen MR) is 61.2 cm³/mol. The van der Waals surface area contributed by atoms with Crippen LogP contribution < -0.4 is 5.73 Å². The second kappa shape index (κ2) is 6.99. The first-order valence-corrected chi connectivity index (χ1v) is 5.67. The van der Waals surface area contributed by atoms with Crippen LogP contribution in [0.3, 0.4) is 0 Å². The lowest BCUT2D eigenvalue weighted by Gasteiger charge is -2.16. The number of unbranched alkanes of at least 4 members (excludes halogenated alkanes) is 3. The van der Waals surface area contributed by atoms with Crippen molar-refractivity contribution >= 4 is 5.78 Å². The molecule has 0 radical (unpaired) electrons. The number of carbonyl (C=O) groups is 1. The SMILES string of the molecule is CC(C)(C)CC(=O)CCCCCCN. The Bertz CT molecular complexity index is 158. The molecule has 0 unspecified atom stereocenters. The normalized spacial score (nSPS) is 11.7. The van der Waals surface area contributed by atoms with Gasteiger partial charge in [0.2, 0.25) is 0 Å². The van der Waals surface area contributed by atoms with Crippen LogP contribution in [0.1, 0.15) is 59.3 Å². The Morgan fingerprint density at radius 2 is 1.64 bits per heavy atom. The van der Waals surface area contributed by atoms with E-state index in [0.717, 1.165) is 32.2 Å². The molecule has 0 saturated carbocycles. The maximum Gasteiger partial charge on any atom is 0.133 e. The number of carbonyl (C=O) groups excluding carboxylic acids is 1. The maximum absolute atomic E-state index is 11.5.